The minimum Gasteiger partial charge on any atom is -0.478 e. The molecular formula is C12H10ClFN2O. The lowest BCUT2D eigenvalue weighted by molar-refractivity contribution is 0.326. The molecular weight excluding hydrogens is 243 g/mol. The van der Waals surface area contributed by atoms with Crippen molar-refractivity contribution in [2.45, 2.75) is 6.92 Å². The number of hydrogen-bond acceptors (Lipinski definition) is 3. The maximum absolute atomic E-state index is 12.8. The van der Waals surface area contributed by atoms with Gasteiger partial charge in [0.25, 0.3) is 0 Å². The van der Waals surface area contributed by atoms with Crippen LogP contribution in [0.15, 0.2) is 30.3 Å². The monoisotopic (exact) mass is 252 g/mol. The summed E-state index contributed by atoms with van der Waals surface area (Å²) in [4.78, 5) is 8.25. The van der Waals surface area contributed by atoms with Gasteiger partial charge in [-0.3, -0.25) is 0 Å². The third-order valence-electron chi connectivity index (χ3n) is 2.07. The van der Waals surface area contributed by atoms with Gasteiger partial charge in [-0.25, -0.2) is 9.37 Å². The molecule has 0 unspecified atom stereocenters. The van der Waals surface area contributed by atoms with Gasteiger partial charge in [0.2, 0.25) is 5.88 Å². The van der Waals surface area contributed by atoms with Gasteiger partial charge in [0, 0.05) is 11.6 Å². The molecule has 0 aliphatic heterocycles. The summed E-state index contributed by atoms with van der Waals surface area (Å²) >= 11 is 5.86. The van der Waals surface area contributed by atoms with E-state index < -0.39 is 0 Å². The molecule has 0 radical (unpaired) electrons. The Morgan fingerprint density at radius 3 is 2.59 bits per heavy atom. The standard InChI is InChI=1S/C12H10ClFN2O/c1-2-17-11-7-10(13)15-12(16-11)8-3-5-9(14)6-4-8/h3-7H,2H2,1H3. The van der Waals surface area contributed by atoms with Gasteiger partial charge in [0.1, 0.15) is 11.0 Å². The average Bonchev–Trinajstić information content (AvgIpc) is 2.29. The predicted octanol–water partition coefficient (Wildman–Crippen LogP) is 3.33. The van der Waals surface area contributed by atoms with Crippen LogP contribution in [-0.4, -0.2) is 16.6 Å². The Hall–Kier alpha value is -1.68. The molecule has 5 heteroatoms. The molecule has 1 heterocycles. The van der Waals surface area contributed by atoms with E-state index in [0.717, 1.165) is 0 Å². The molecule has 0 fully saturated rings. The molecule has 0 N–H and O–H groups in total. The topological polar surface area (TPSA) is 35.0 Å². The lowest BCUT2D eigenvalue weighted by Gasteiger charge is -2.05. The van der Waals surface area contributed by atoms with Crippen LogP contribution in [-0.2, 0) is 0 Å². The lowest BCUT2D eigenvalue weighted by Crippen LogP contribution is -1.97. The zero-order valence-corrected chi connectivity index (χ0v) is 9.91. The normalized spacial score (nSPS) is 10.3. The summed E-state index contributed by atoms with van der Waals surface area (Å²) in [6, 6.07) is 7.42. The van der Waals surface area contributed by atoms with Gasteiger partial charge in [-0.1, -0.05) is 11.6 Å². The van der Waals surface area contributed by atoms with E-state index in [9.17, 15) is 4.39 Å². The fourth-order valence-electron chi connectivity index (χ4n) is 1.35. The van der Waals surface area contributed by atoms with Gasteiger partial charge in [-0.05, 0) is 31.2 Å². The summed E-state index contributed by atoms with van der Waals surface area (Å²) in [5, 5.41) is 0.294. The highest BCUT2D eigenvalue weighted by atomic mass is 35.5. The zero-order valence-electron chi connectivity index (χ0n) is 9.15. The van der Waals surface area contributed by atoms with Crippen molar-refractivity contribution in [3.05, 3.63) is 41.3 Å². The van der Waals surface area contributed by atoms with Crippen LogP contribution in [0.25, 0.3) is 11.4 Å². The molecule has 17 heavy (non-hydrogen) atoms. The van der Waals surface area contributed by atoms with Gasteiger partial charge < -0.3 is 4.74 Å². The van der Waals surface area contributed by atoms with Crippen LogP contribution < -0.4 is 4.74 Å². The summed E-state index contributed by atoms with van der Waals surface area (Å²) in [5.41, 5.74) is 0.690. The summed E-state index contributed by atoms with van der Waals surface area (Å²) in [6.45, 7) is 2.35. The van der Waals surface area contributed by atoms with Crippen molar-refractivity contribution < 1.29 is 9.13 Å². The number of aromatic nitrogens is 2. The number of benzene rings is 1. The Morgan fingerprint density at radius 2 is 1.94 bits per heavy atom. The summed E-state index contributed by atoms with van der Waals surface area (Å²) in [5.74, 6) is 0.522. The molecule has 0 saturated carbocycles. The number of nitrogens with zero attached hydrogens (tertiary/aromatic N) is 2. The maximum atomic E-state index is 12.8. The van der Waals surface area contributed by atoms with Crippen LogP contribution in [0, 0.1) is 5.82 Å². The fraction of sp³-hybridized carbons (Fsp3) is 0.167. The predicted molar refractivity (Wildman–Crippen MR) is 63.6 cm³/mol. The molecule has 0 aliphatic carbocycles. The lowest BCUT2D eigenvalue weighted by atomic mass is 10.2. The minimum absolute atomic E-state index is 0.294. The molecule has 3 nitrogen and oxygen atoms in total. The van der Waals surface area contributed by atoms with E-state index in [1.807, 2.05) is 6.92 Å². The number of ether oxygens (including phenoxy) is 1. The Balaban J connectivity index is 2.40. The molecule has 1 aromatic heterocycles. The molecule has 88 valence electrons. The SMILES string of the molecule is CCOc1cc(Cl)nc(-c2ccc(F)cc2)n1. The van der Waals surface area contributed by atoms with E-state index in [1.165, 1.54) is 18.2 Å². The number of hydrogen-bond donors (Lipinski definition) is 0. The first-order valence-electron chi connectivity index (χ1n) is 5.12. The fourth-order valence-corrected chi connectivity index (χ4v) is 1.52. The molecule has 0 atom stereocenters. The van der Waals surface area contributed by atoms with Crippen molar-refractivity contribution in [3.63, 3.8) is 0 Å². The van der Waals surface area contributed by atoms with Gasteiger partial charge in [-0.2, -0.15) is 4.98 Å². The highest BCUT2D eigenvalue weighted by molar-refractivity contribution is 6.29. The Morgan fingerprint density at radius 1 is 1.24 bits per heavy atom. The Labute approximate surface area is 103 Å². The first-order chi connectivity index (χ1) is 8.19. The summed E-state index contributed by atoms with van der Waals surface area (Å²) in [7, 11) is 0. The van der Waals surface area contributed by atoms with Crippen LogP contribution in [0.5, 0.6) is 5.88 Å². The van der Waals surface area contributed by atoms with Crippen molar-refractivity contribution in [2.75, 3.05) is 6.61 Å². The third kappa shape index (κ3) is 2.91. The highest BCUT2D eigenvalue weighted by Crippen LogP contribution is 2.21. The van der Waals surface area contributed by atoms with Crippen LogP contribution in [0.2, 0.25) is 5.15 Å². The molecule has 0 amide bonds. The molecule has 0 spiro atoms. The minimum atomic E-state index is -0.305. The second-order valence-electron chi connectivity index (χ2n) is 3.29. The number of rotatable bonds is 3. The quantitative estimate of drug-likeness (QED) is 0.786. The van der Waals surface area contributed by atoms with Crippen LogP contribution in [0.1, 0.15) is 6.92 Å². The Bertz CT molecular complexity index is 516. The smallest absolute Gasteiger partial charge is 0.218 e. The first-order valence-corrected chi connectivity index (χ1v) is 5.50. The summed E-state index contributed by atoms with van der Waals surface area (Å²) in [6.07, 6.45) is 0. The molecule has 2 aromatic rings. The molecule has 1 aromatic carbocycles. The molecule has 0 bridgehead atoms. The summed E-state index contributed by atoms with van der Waals surface area (Å²) < 4.78 is 18.1. The highest BCUT2D eigenvalue weighted by Gasteiger charge is 2.06. The van der Waals surface area contributed by atoms with Crippen molar-refractivity contribution in [1.82, 2.24) is 9.97 Å². The maximum Gasteiger partial charge on any atom is 0.218 e. The first kappa shape index (κ1) is 11.8. The largest absolute Gasteiger partial charge is 0.478 e. The van der Waals surface area contributed by atoms with E-state index in [-0.39, 0.29) is 5.82 Å². The van der Waals surface area contributed by atoms with Gasteiger partial charge in [-0.15, -0.1) is 0 Å². The van der Waals surface area contributed by atoms with Crippen molar-refractivity contribution in [1.29, 1.82) is 0 Å². The van der Waals surface area contributed by atoms with Gasteiger partial charge >= 0.3 is 0 Å². The van der Waals surface area contributed by atoms with E-state index in [0.29, 0.717) is 29.0 Å². The molecule has 2 rings (SSSR count). The van der Waals surface area contributed by atoms with Crippen molar-refractivity contribution in [3.8, 4) is 17.3 Å². The van der Waals surface area contributed by atoms with Crippen LogP contribution in [0.4, 0.5) is 4.39 Å². The zero-order chi connectivity index (χ0) is 12.3. The van der Waals surface area contributed by atoms with Crippen LogP contribution >= 0.6 is 11.6 Å². The molecule has 0 aliphatic rings. The second-order valence-corrected chi connectivity index (χ2v) is 3.68. The van der Waals surface area contributed by atoms with E-state index in [2.05, 4.69) is 9.97 Å². The van der Waals surface area contributed by atoms with Crippen LogP contribution in [0.3, 0.4) is 0 Å². The van der Waals surface area contributed by atoms with Crippen molar-refractivity contribution in [2.24, 2.45) is 0 Å². The van der Waals surface area contributed by atoms with E-state index >= 15 is 0 Å². The Kier molecular flexibility index (Phi) is 3.54. The van der Waals surface area contributed by atoms with Gasteiger partial charge in [0.15, 0.2) is 5.82 Å². The molecule has 0 saturated heterocycles. The number of halogens is 2. The van der Waals surface area contributed by atoms with Gasteiger partial charge in [0.05, 0.1) is 6.61 Å². The van der Waals surface area contributed by atoms with E-state index in [4.69, 9.17) is 16.3 Å². The third-order valence-corrected chi connectivity index (χ3v) is 2.26. The second kappa shape index (κ2) is 5.10. The van der Waals surface area contributed by atoms with Crippen molar-refractivity contribution >= 4 is 11.6 Å². The average molecular weight is 253 g/mol. The van der Waals surface area contributed by atoms with E-state index in [1.54, 1.807) is 12.1 Å².